The van der Waals surface area contributed by atoms with Crippen LogP contribution in [0, 0.1) is 11.8 Å². The fourth-order valence-electron chi connectivity index (χ4n) is 4.64. The highest BCUT2D eigenvalue weighted by Gasteiger charge is 2.50. The van der Waals surface area contributed by atoms with Crippen molar-refractivity contribution in [1.82, 2.24) is 0 Å². The molecule has 1 aliphatic carbocycles. The molecule has 1 N–H and O–H groups in total. The average Bonchev–Trinajstić information content (AvgIpc) is 3.33. The Hall–Kier alpha value is -3.16. The Labute approximate surface area is 185 Å². The second-order valence-corrected chi connectivity index (χ2v) is 8.30. The van der Waals surface area contributed by atoms with Crippen molar-refractivity contribution in [3.05, 3.63) is 77.9 Å². The van der Waals surface area contributed by atoms with Gasteiger partial charge in [0.2, 0.25) is 6.29 Å². The summed E-state index contributed by atoms with van der Waals surface area (Å²) < 4.78 is 22.6. The van der Waals surface area contributed by atoms with Crippen LogP contribution < -0.4 is 4.74 Å². The van der Waals surface area contributed by atoms with E-state index in [0.717, 1.165) is 5.56 Å². The summed E-state index contributed by atoms with van der Waals surface area (Å²) in [5.74, 6) is -0.349. The van der Waals surface area contributed by atoms with E-state index in [1.165, 1.54) is 0 Å². The molecular formula is C25H24O7. The van der Waals surface area contributed by atoms with Gasteiger partial charge < -0.3 is 24.1 Å². The van der Waals surface area contributed by atoms with Gasteiger partial charge in [0.25, 0.3) is 0 Å². The zero-order valence-electron chi connectivity index (χ0n) is 17.3. The van der Waals surface area contributed by atoms with E-state index in [2.05, 4.69) is 0 Å². The Balaban J connectivity index is 1.29. The van der Waals surface area contributed by atoms with Crippen molar-refractivity contribution in [1.29, 1.82) is 0 Å². The lowest BCUT2D eigenvalue weighted by molar-refractivity contribution is -0.152. The molecule has 7 heteroatoms. The fraction of sp³-hybridized carbons (Fsp3) is 0.360. The number of hydrogen-bond donors (Lipinski definition) is 1. The van der Waals surface area contributed by atoms with Crippen molar-refractivity contribution in [3.63, 3.8) is 0 Å². The number of esters is 2. The Morgan fingerprint density at radius 3 is 2.72 bits per heavy atom. The molecule has 0 spiro atoms. The standard InChI is InChI=1S/C25H24O7/c26-19(25-29-14-16-8-4-5-9-20(16)32-25)11-10-17-18-12-23(27)30-22(18)13-21(17)31-24(28)15-6-2-1-3-7-15/h1-11,17-19,21-22,25-26H,12-14H2/t17-,18-,19+,21-,22+,25+/m1/s1. The van der Waals surface area contributed by atoms with Gasteiger partial charge in [0, 0.05) is 23.8 Å². The lowest BCUT2D eigenvalue weighted by Gasteiger charge is -2.28. The summed E-state index contributed by atoms with van der Waals surface area (Å²) in [4.78, 5) is 24.4. The zero-order chi connectivity index (χ0) is 22.1. The first-order chi connectivity index (χ1) is 15.6. The molecule has 2 aromatic carbocycles. The van der Waals surface area contributed by atoms with Crippen LogP contribution in [-0.2, 0) is 25.6 Å². The number of benzene rings is 2. The maximum Gasteiger partial charge on any atom is 0.338 e. The summed E-state index contributed by atoms with van der Waals surface area (Å²) in [7, 11) is 0. The lowest BCUT2D eigenvalue weighted by Crippen LogP contribution is -2.36. The molecule has 166 valence electrons. The Morgan fingerprint density at radius 2 is 1.88 bits per heavy atom. The highest BCUT2D eigenvalue weighted by Crippen LogP contribution is 2.44. The van der Waals surface area contributed by atoms with Gasteiger partial charge in [-0.2, -0.15) is 0 Å². The second-order valence-electron chi connectivity index (χ2n) is 8.30. The molecule has 2 aromatic rings. The quantitative estimate of drug-likeness (QED) is 0.569. The summed E-state index contributed by atoms with van der Waals surface area (Å²) in [6, 6.07) is 16.3. The normalized spacial score (nSPS) is 29.7. The molecule has 0 bridgehead atoms. The van der Waals surface area contributed by atoms with Crippen molar-refractivity contribution >= 4 is 11.9 Å². The van der Waals surface area contributed by atoms with Gasteiger partial charge in [0.1, 0.15) is 24.1 Å². The molecule has 7 nitrogen and oxygen atoms in total. The van der Waals surface area contributed by atoms with Gasteiger partial charge in [0.15, 0.2) is 0 Å². The summed E-state index contributed by atoms with van der Waals surface area (Å²) in [6.45, 7) is 0.347. The number of hydrogen-bond acceptors (Lipinski definition) is 7. The van der Waals surface area contributed by atoms with Gasteiger partial charge in [-0.3, -0.25) is 4.79 Å². The van der Waals surface area contributed by atoms with Crippen LogP contribution in [0.4, 0.5) is 0 Å². The third kappa shape index (κ3) is 4.13. The Bertz CT molecular complexity index is 1020. The third-order valence-electron chi connectivity index (χ3n) is 6.25. The van der Waals surface area contributed by atoms with E-state index in [4.69, 9.17) is 18.9 Å². The Morgan fingerprint density at radius 1 is 1.09 bits per heavy atom. The van der Waals surface area contributed by atoms with E-state index in [1.807, 2.05) is 30.3 Å². The maximum absolute atomic E-state index is 12.6. The molecule has 0 amide bonds. The molecule has 2 aliphatic heterocycles. The molecule has 6 atom stereocenters. The maximum atomic E-state index is 12.6. The molecule has 0 aromatic heterocycles. The average molecular weight is 436 g/mol. The van der Waals surface area contributed by atoms with Crippen molar-refractivity contribution < 1.29 is 33.6 Å². The van der Waals surface area contributed by atoms with Crippen molar-refractivity contribution in [3.8, 4) is 5.75 Å². The summed E-state index contributed by atoms with van der Waals surface area (Å²) in [5.41, 5.74) is 1.39. The van der Waals surface area contributed by atoms with Crippen LogP contribution in [0.5, 0.6) is 5.75 Å². The highest BCUT2D eigenvalue weighted by molar-refractivity contribution is 5.89. The fourth-order valence-corrected chi connectivity index (χ4v) is 4.64. The smallest absolute Gasteiger partial charge is 0.338 e. The van der Waals surface area contributed by atoms with Gasteiger partial charge in [-0.15, -0.1) is 0 Å². The van der Waals surface area contributed by atoms with E-state index < -0.39 is 24.5 Å². The number of rotatable bonds is 5. The molecular weight excluding hydrogens is 412 g/mol. The van der Waals surface area contributed by atoms with Gasteiger partial charge in [0.05, 0.1) is 18.6 Å². The summed E-state index contributed by atoms with van der Waals surface area (Å²) >= 11 is 0. The monoisotopic (exact) mass is 436 g/mol. The molecule has 5 rings (SSSR count). The van der Waals surface area contributed by atoms with Gasteiger partial charge in [-0.25, -0.2) is 4.79 Å². The van der Waals surface area contributed by atoms with E-state index in [0.29, 0.717) is 24.3 Å². The molecule has 2 fully saturated rings. The van der Waals surface area contributed by atoms with E-state index >= 15 is 0 Å². The van der Waals surface area contributed by atoms with Crippen molar-refractivity contribution in [2.45, 2.75) is 44.1 Å². The van der Waals surface area contributed by atoms with E-state index in [-0.39, 0.29) is 30.3 Å². The number of carbonyl (C=O) groups is 2. The summed E-state index contributed by atoms with van der Waals surface area (Å²) in [5, 5.41) is 10.7. The molecule has 0 radical (unpaired) electrons. The number of aliphatic hydroxyl groups excluding tert-OH is 1. The predicted octanol–water partition coefficient (Wildman–Crippen LogP) is 3.02. The molecule has 1 saturated heterocycles. The summed E-state index contributed by atoms with van der Waals surface area (Å²) in [6.07, 6.45) is 1.48. The van der Waals surface area contributed by atoms with Crippen LogP contribution >= 0.6 is 0 Å². The van der Waals surface area contributed by atoms with Crippen LogP contribution in [0.25, 0.3) is 0 Å². The first-order valence-electron chi connectivity index (χ1n) is 10.8. The van der Waals surface area contributed by atoms with Crippen LogP contribution in [0.1, 0.15) is 28.8 Å². The minimum Gasteiger partial charge on any atom is -0.462 e. The van der Waals surface area contributed by atoms with E-state index in [1.54, 1.807) is 36.4 Å². The number of carbonyl (C=O) groups excluding carboxylic acids is 2. The first kappa shape index (κ1) is 20.7. The van der Waals surface area contributed by atoms with Gasteiger partial charge in [-0.05, 0) is 18.2 Å². The predicted molar refractivity (Wildman–Crippen MR) is 113 cm³/mol. The molecule has 32 heavy (non-hydrogen) atoms. The van der Waals surface area contributed by atoms with Gasteiger partial charge >= 0.3 is 11.9 Å². The number of ether oxygens (including phenoxy) is 4. The molecule has 2 heterocycles. The minimum atomic E-state index is -1.02. The minimum absolute atomic E-state index is 0.103. The van der Waals surface area contributed by atoms with Crippen LogP contribution in [0.15, 0.2) is 66.7 Å². The number of fused-ring (bicyclic) bond motifs is 2. The molecule has 0 unspecified atom stereocenters. The van der Waals surface area contributed by atoms with Gasteiger partial charge in [-0.1, -0.05) is 48.6 Å². The third-order valence-corrected chi connectivity index (χ3v) is 6.25. The lowest BCUT2D eigenvalue weighted by atomic mass is 9.91. The van der Waals surface area contributed by atoms with Crippen LogP contribution in [0.3, 0.4) is 0 Å². The number of aliphatic hydroxyl groups is 1. The van der Waals surface area contributed by atoms with Crippen LogP contribution in [-0.4, -0.2) is 41.6 Å². The Kier molecular flexibility index (Phi) is 5.68. The molecule has 1 saturated carbocycles. The zero-order valence-corrected chi connectivity index (χ0v) is 17.3. The van der Waals surface area contributed by atoms with Crippen molar-refractivity contribution in [2.24, 2.45) is 11.8 Å². The first-order valence-corrected chi connectivity index (χ1v) is 10.8. The molecule has 3 aliphatic rings. The topological polar surface area (TPSA) is 91.3 Å². The van der Waals surface area contributed by atoms with Crippen molar-refractivity contribution in [2.75, 3.05) is 0 Å². The largest absolute Gasteiger partial charge is 0.462 e. The second kappa shape index (κ2) is 8.76. The van der Waals surface area contributed by atoms with Crippen LogP contribution in [0.2, 0.25) is 0 Å². The highest BCUT2D eigenvalue weighted by atomic mass is 16.7. The SMILES string of the molecule is O=C1C[C@@H]2[C@@H](C=C[C@H](O)[C@H]3OCc4ccccc4O3)[C@H](OC(=O)c3ccccc3)C[C@@H]2O1. The number of para-hydroxylation sites is 1. The van der Waals surface area contributed by atoms with E-state index in [9.17, 15) is 14.7 Å².